The van der Waals surface area contributed by atoms with Crippen LogP contribution in [0.5, 0.6) is 0 Å². The molecule has 0 aromatic carbocycles. The minimum Gasteiger partial charge on any atom is -0.477 e. The molecule has 112 valence electrons. The Bertz CT molecular complexity index is 456. The third-order valence-electron chi connectivity index (χ3n) is 3.34. The number of thiazole rings is 1. The minimum atomic E-state index is -0.926. The average Bonchev–Trinajstić information content (AvgIpc) is 2.85. The van der Waals surface area contributed by atoms with Gasteiger partial charge in [-0.15, -0.1) is 0 Å². The van der Waals surface area contributed by atoms with Crippen molar-refractivity contribution in [2.75, 3.05) is 44.7 Å². The molecule has 1 aliphatic rings. The van der Waals surface area contributed by atoms with Gasteiger partial charge in [-0.1, -0.05) is 18.3 Å². The van der Waals surface area contributed by atoms with Gasteiger partial charge in [-0.25, -0.2) is 9.78 Å². The van der Waals surface area contributed by atoms with Gasteiger partial charge in [0, 0.05) is 33.3 Å². The number of piperazine rings is 1. The minimum absolute atomic E-state index is 0.244. The molecule has 0 unspecified atom stereocenters. The highest BCUT2D eigenvalue weighted by Gasteiger charge is 2.23. The van der Waals surface area contributed by atoms with Crippen LogP contribution in [0.25, 0.3) is 0 Å². The first-order chi connectivity index (χ1) is 9.65. The largest absolute Gasteiger partial charge is 0.477 e. The fraction of sp³-hybridized carbons (Fsp3) is 0.692. The van der Waals surface area contributed by atoms with E-state index in [0.717, 1.165) is 37.9 Å². The summed E-state index contributed by atoms with van der Waals surface area (Å²) in [5.41, 5.74) is 0.524. The molecule has 0 atom stereocenters. The first-order valence-corrected chi connectivity index (χ1v) is 7.66. The number of hydrogen-bond donors (Lipinski definition) is 1. The Morgan fingerprint density at radius 3 is 2.65 bits per heavy atom. The van der Waals surface area contributed by atoms with Gasteiger partial charge in [0.25, 0.3) is 0 Å². The van der Waals surface area contributed by atoms with Gasteiger partial charge >= 0.3 is 5.97 Å². The molecule has 1 N–H and O–H groups in total. The van der Waals surface area contributed by atoms with Gasteiger partial charge in [0.2, 0.25) is 0 Å². The van der Waals surface area contributed by atoms with Crippen molar-refractivity contribution >= 4 is 22.4 Å². The first-order valence-electron chi connectivity index (χ1n) is 6.85. The Morgan fingerprint density at radius 2 is 2.10 bits per heavy atom. The fourth-order valence-electron chi connectivity index (χ4n) is 2.36. The Labute approximate surface area is 123 Å². The second-order valence-electron chi connectivity index (χ2n) is 4.84. The number of methoxy groups -OCH3 is 1. The van der Waals surface area contributed by atoms with E-state index in [1.54, 1.807) is 7.11 Å². The summed E-state index contributed by atoms with van der Waals surface area (Å²) in [5, 5.41) is 10.0. The number of carbonyl (C=O) groups is 1. The van der Waals surface area contributed by atoms with E-state index in [1.807, 2.05) is 0 Å². The van der Waals surface area contributed by atoms with Crippen LogP contribution in [-0.2, 0) is 11.3 Å². The molecule has 6 nitrogen and oxygen atoms in total. The number of carboxylic acids is 1. The first kappa shape index (κ1) is 15.2. The smallest absolute Gasteiger partial charge is 0.347 e. The summed E-state index contributed by atoms with van der Waals surface area (Å²) >= 11 is 1.25. The topological polar surface area (TPSA) is 65.9 Å². The van der Waals surface area contributed by atoms with Crippen molar-refractivity contribution in [3.05, 3.63) is 10.6 Å². The van der Waals surface area contributed by atoms with Crippen molar-refractivity contribution < 1.29 is 14.6 Å². The van der Waals surface area contributed by atoms with E-state index in [0.29, 0.717) is 5.69 Å². The Hall–Kier alpha value is -1.18. The van der Waals surface area contributed by atoms with Crippen LogP contribution in [-0.4, -0.2) is 60.8 Å². The summed E-state index contributed by atoms with van der Waals surface area (Å²) in [6, 6.07) is 0. The molecule has 1 saturated heterocycles. The number of carboxylic acid groups (broad SMARTS) is 1. The Balaban J connectivity index is 2.06. The molecular formula is C13H21N3O3S. The van der Waals surface area contributed by atoms with Gasteiger partial charge in [0.05, 0.1) is 12.3 Å². The predicted molar refractivity (Wildman–Crippen MR) is 78.7 cm³/mol. The van der Waals surface area contributed by atoms with Crippen molar-refractivity contribution in [3.63, 3.8) is 0 Å². The van der Waals surface area contributed by atoms with Crippen molar-refractivity contribution in [1.29, 1.82) is 0 Å². The van der Waals surface area contributed by atoms with Gasteiger partial charge in [0.15, 0.2) is 5.13 Å². The lowest BCUT2D eigenvalue weighted by molar-refractivity contribution is 0.0697. The molecule has 0 spiro atoms. The number of nitrogens with zero attached hydrogens (tertiary/aromatic N) is 3. The highest BCUT2D eigenvalue weighted by Crippen LogP contribution is 2.27. The van der Waals surface area contributed by atoms with Gasteiger partial charge in [0.1, 0.15) is 4.88 Å². The third kappa shape index (κ3) is 3.47. The predicted octanol–water partition coefficient (Wildman–Crippen LogP) is 1.52. The zero-order chi connectivity index (χ0) is 14.5. The monoisotopic (exact) mass is 299 g/mol. The second-order valence-corrected chi connectivity index (χ2v) is 5.82. The molecule has 20 heavy (non-hydrogen) atoms. The van der Waals surface area contributed by atoms with E-state index in [-0.39, 0.29) is 11.5 Å². The zero-order valence-corrected chi connectivity index (χ0v) is 12.8. The van der Waals surface area contributed by atoms with Crippen LogP contribution in [0, 0.1) is 0 Å². The molecule has 7 heteroatoms. The normalized spacial score (nSPS) is 16.6. The molecular weight excluding hydrogens is 278 g/mol. The van der Waals surface area contributed by atoms with Crippen LogP contribution < -0.4 is 4.90 Å². The van der Waals surface area contributed by atoms with Crippen LogP contribution in [0.15, 0.2) is 0 Å². The number of anilines is 1. The van der Waals surface area contributed by atoms with Crippen molar-refractivity contribution in [3.8, 4) is 0 Å². The molecule has 0 radical (unpaired) electrons. The molecule has 2 rings (SSSR count). The number of hydrogen-bond acceptors (Lipinski definition) is 6. The van der Waals surface area contributed by atoms with Crippen LogP contribution in [0.1, 0.15) is 28.7 Å². The maximum absolute atomic E-state index is 11.2. The molecule has 0 aliphatic carbocycles. The van der Waals surface area contributed by atoms with Crippen LogP contribution in [0.3, 0.4) is 0 Å². The van der Waals surface area contributed by atoms with Crippen LogP contribution in [0.4, 0.5) is 5.13 Å². The van der Waals surface area contributed by atoms with Crippen LogP contribution >= 0.6 is 11.3 Å². The number of aromatic carboxylic acids is 1. The Kier molecular flexibility index (Phi) is 5.33. The second kappa shape index (κ2) is 7.01. The van der Waals surface area contributed by atoms with E-state index >= 15 is 0 Å². The average molecular weight is 299 g/mol. The molecule has 0 bridgehead atoms. The lowest BCUT2D eigenvalue weighted by Crippen LogP contribution is -2.46. The molecule has 2 heterocycles. The van der Waals surface area contributed by atoms with E-state index in [2.05, 4.69) is 21.7 Å². The summed E-state index contributed by atoms with van der Waals surface area (Å²) < 4.78 is 5.02. The van der Waals surface area contributed by atoms with Gasteiger partial charge in [-0.2, -0.15) is 0 Å². The lowest BCUT2D eigenvalue weighted by atomic mass is 10.3. The quantitative estimate of drug-likeness (QED) is 0.859. The number of rotatable bonds is 6. The highest BCUT2D eigenvalue weighted by atomic mass is 32.1. The molecule has 1 aliphatic heterocycles. The molecule has 1 fully saturated rings. The maximum atomic E-state index is 11.2. The molecule has 0 amide bonds. The summed E-state index contributed by atoms with van der Waals surface area (Å²) in [6.07, 6.45) is 1.17. The fourth-order valence-corrected chi connectivity index (χ4v) is 3.31. The van der Waals surface area contributed by atoms with Crippen molar-refractivity contribution in [2.24, 2.45) is 0 Å². The van der Waals surface area contributed by atoms with E-state index in [9.17, 15) is 9.90 Å². The maximum Gasteiger partial charge on any atom is 0.347 e. The number of ether oxygens (including phenoxy) is 1. The van der Waals surface area contributed by atoms with E-state index in [4.69, 9.17) is 4.74 Å². The molecule has 1 aromatic heterocycles. The third-order valence-corrected chi connectivity index (χ3v) is 4.49. The van der Waals surface area contributed by atoms with Gasteiger partial charge < -0.3 is 14.7 Å². The van der Waals surface area contributed by atoms with Gasteiger partial charge in [-0.3, -0.25) is 4.90 Å². The summed E-state index contributed by atoms with van der Waals surface area (Å²) in [6.45, 7) is 7.38. The van der Waals surface area contributed by atoms with Crippen molar-refractivity contribution in [2.45, 2.75) is 20.0 Å². The molecule has 0 saturated carbocycles. The summed E-state index contributed by atoms with van der Waals surface area (Å²) in [7, 11) is 1.55. The zero-order valence-electron chi connectivity index (χ0n) is 12.0. The lowest BCUT2D eigenvalue weighted by Gasteiger charge is -2.34. The SMILES string of the molecule is CCCN1CCN(c2nc(COC)c(C(=O)O)s2)CC1. The van der Waals surface area contributed by atoms with Crippen LogP contribution in [0.2, 0.25) is 0 Å². The standard InChI is InChI=1S/C13H21N3O3S/c1-3-4-15-5-7-16(8-6-15)13-14-10(9-19-2)11(20-13)12(17)18/h3-9H2,1-2H3,(H,17,18). The van der Waals surface area contributed by atoms with Gasteiger partial charge in [-0.05, 0) is 13.0 Å². The van der Waals surface area contributed by atoms with E-state index in [1.165, 1.54) is 17.8 Å². The molecule has 1 aromatic rings. The highest BCUT2D eigenvalue weighted by molar-refractivity contribution is 7.17. The number of aromatic nitrogens is 1. The van der Waals surface area contributed by atoms with E-state index < -0.39 is 5.97 Å². The Morgan fingerprint density at radius 1 is 1.40 bits per heavy atom. The summed E-state index contributed by atoms with van der Waals surface area (Å²) in [5.74, 6) is -0.926. The van der Waals surface area contributed by atoms with Crippen molar-refractivity contribution in [1.82, 2.24) is 9.88 Å². The summed E-state index contributed by atoms with van der Waals surface area (Å²) in [4.78, 5) is 20.5.